The van der Waals surface area contributed by atoms with Crippen molar-refractivity contribution in [2.24, 2.45) is 0 Å². The van der Waals surface area contributed by atoms with Crippen molar-refractivity contribution in [3.05, 3.63) is 28.7 Å². The first-order chi connectivity index (χ1) is 7.02. The fourth-order valence-corrected chi connectivity index (χ4v) is 3.20. The van der Waals surface area contributed by atoms with Gasteiger partial charge in [0.25, 0.3) is 0 Å². The first-order valence-corrected chi connectivity index (χ1v) is 6.75. The van der Waals surface area contributed by atoms with Crippen LogP contribution in [0.3, 0.4) is 0 Å². The molecule has 5 heteroatoms. The molecule has 0 aliphatic heterocycles. The topological polar surface area (TPSA) is 57.9 Å². The molecule has 0 spiro atoms. The summed E-state index contributed by atoms with van der Waals surface area (Å²) in [5.41, 5.74) is 0. The zero-order valence-electron chi connectivity index (χ0n) is 8.14. The van der Waals surface area contributed by atoms with Crippen LogP contribution in [0, 0.1) is 11.3 Å². The highest BCUT2D eigenvalue weighted by Gasteiger charge is 2.25. The van der Waals surface area contributed by atoms with E-state index < -0.39 is 15.1 Å². The number of halogens is 1. The number of rotatable bonds is 3. The van der Waals surface area contributed by atoms with Gasteiger partial charge in [-0.3, -0.25) is 0 Å². The molecule has 0 N–H and O–H groups in total. The Labute approximate surface area is 97.8 Å². The minimum atomic E-state index is -3.51. The molecular weight excluding hydrogens is 278 g/mol. The van der Waals surface area contributed by atoms with Crippen molar-refractivity contribution in [1.82, 2.24) is 0 Å². The third-order valence-corrected chi connectivity index (χ3v) is 4.61. The summed E-state index contributed by atoms with van der Waals surface area (Å²) < 4.78 is 24.5. The van der Waals surface area contributed by atoms with Gasteiger partial charge in [0, 0.05) is 4.47 Å². The molecule has 3 nitrogen and oxygen atoms in total. The average molecular weight is 288 g/mol. The molecule has 80 valence electrons. The second kappa shape index (κ2) is 4.77. The summed E-state index contributed by atoms with van der Waals surface area (Å²) in [4.78, 5) is 0.185. The summed E-state index contributed by atoms with van der Waals surface area (Å²) in [5, 5.41) is 7.79. The summed E-state index contributed by atoms with van der Waals surface area (Å²) in [5.74, 6) is 0. The lowest BCUT2D eigenvalue weighted by Crippen LogP contribution is -2.18. The highest BCUT2D eigenvalue weighted by molar-refractivity contribution is 9.10. The lowest BCUT2D eigenvalue weighted by atomic mass is 10.4. The zero-order chi connectivity index (χ0) is 11.5. The van der Waals surface area contributed by atoms with Crippen LogP contribution < -0.4 is 0 Å². The first kappa shape index (κ1) is 12.2. The summed E-state index contributed by atoms with van der Waals surface area (Å²) >= 11 is 3.20. The van der Waals surface area contributed by atoms with Crippen LogP contribution >= 0.6 is 15.9 Å². The molecule has 0 fully saturated rings. The van der Waals surface area contributed by atoms with E-state index in [1.54, 1.807) is 25.1 Å². The molecule has 0 aliphatic carbocycles. The largest absolute Gasteiger partial charge is 0.222 e. The molecule has 0 aromatic heterocycles. The molecule has 15 heavy (non-hydrogen) atoms. The molecule has 0 radical (unpaired) electrons. The van der Waals surface area contributed by atoms with E-state index in [0.717, 1.165) is 0 Å². The minimum absolute atomic E-state index is 0.185. The van der Waals surface area contributed by atoms with E-state index in [-0.39, 0.29) is 4.90 Å². The van der Waals surface area contributed by atoms with E-state index in [9.17, 15) is 8.42 Å². The van der Waals surface area contributed by atoms with Gasteiger partial charge in [0.05, 0.1) is 11.0 Å². The lowest BCUT2D eigenvalue weighted by molar-refractivity contribution is 0.587. The van der Waals surface area contributed by atoms with E-state index in [4.69, 9.17) is 5.26 Å². The molecule has 0 saturated heterocycles. The van der Waals surface area contributed by atoms with Crippen molar-refractivity contribution in [3.63, 3.8) is 0 Å². The van der Waals surface area contributed by atoms with Gasteiger partial charge in [-0.1, -0.05) is 28.9 Å². The van der Waals surface area contributed by atoms with Gasteiger partial charge in [0.2, 0.25) is 0 Å². The molecule has 1 rings (SSSR count). The predicted molar refractivity (Wildman–Crippen MR) is 61.0 cm³/mol. The van der Waals surface area contributed by atoms with Crippen molar-refractivity contribution in [2.75, 3.05) is 0 Å². The fourth-order valence-electron chi connectivity index (χ4n) is 1.19. The Morgan fingerprint density at radius 2 is 2.20 bits per heavy atom. The van der Waals surface area contributed by atoms with Crippen molar-refractivity contribution in [1.29, 1.82) is 5.26 Å². The summed E-state index contributed by atoms with van der Waals surface area (Å²) in [6.45, 7) is 1.68. The van der Waals surface area contributed by atoms with Gasteiger partial charge in [0.1, 0.15) is 0 Å². The standard InChI is InChI=1S/C10H10BrNO2S/c1-2-9(7-12)15(13,14)10-5-3-4-8(11)6-10/h3-6,9H,2H2,1H3. The summed E-state index contributed by atoms with van der Waals surface area (Å²) in [7, 11) is -3.51. The molecule has 0 saturated carbocycles. The van der Waals surface area contributed by atoms with Crippen LogP contribution in [0.25, 0.3) is 0 Å². The molecule has 1 unspecified atom stereocenters. The van der Waals surface area contributed by atoms with Crippen molar-refractivity contribution < 1.29 is 8.42 Å². The van der Waals surface area contributed by atoms with Gasteiger partial charge in [-0.05, 0) is 24.6 Å². The second-order valence-electron chi connectivity index (χ2n) is 3.03. The predicted octanol–water partition coefficient (Wildman–Crippen LogP) is 2.52. The number of nitriles is 1. The number of hydrogen-bond acceptors (Lipinski definition) is 3. The zero-order valence-corrected chi connectivity index (χ0v) is 10.5. The van der Waals surface area contributed by atoms with Gasteiger partial charge in [-0.25, -0.2) is 8.42 Å². The molecule has 0 aliphatic rings. The SMILES string of the molecule is CCC(C#N)S(=O)(=O)c1cccc(Br)c1. The van der Waals surface area contributed by atoms with Crippen LogP contribution in [0.15, 0.2) is 33.6 Å². The fraction of sp³-hybridized carbons (Fsp3) is 0.300. The monoisotopic (exact) mass is 287 g/mol. The van der Waals surface area contributed by atoms with Gasteiger partial charge in [0.15, 0.2) is 15.1 Å². The van der Waals surface area contributed by atoms with E-state index >= 15 is 0 Å². The van der Waals surface area contributed by atoms with Gasteiger partial charge < -0.3 is 0 Å². The van der Waals surface area contributed by atoms with Crippen LogP contribution in [-0.4, -0.2) is 13.7 Å². The smallest absolute Gasteiger partial charge is 0.194 e. The Hall–Kier alpha value is -0.860. The maximum absolute atomic E-state index is 11.9. The third kappa shape index (κ3) is 2.58. The van der Waals surface area contributed by atoms with Crippen molar-refractivity contribution in [3.8, 4) is 6.07 Å². The quantitative estimate of drug-likeness (QED) is 0.858. The number of hydrogen-bond donors (Lipinski definition) is 0. The van der Waals surface area contributed by atoms with E-state index in [1.165, 1.54) is 12.1 Å². The van der Waals surface area contributed by atoms with Crippen molar-refractivity contribution >= 4 is 25.8 Å². The average Bonchev–Trinajstić information content (AvgIpc) is 2.19. The summed E-state index contributed by atoms with van der Waals surface area (Å²) in [6, 6.07) is 8.20. The number of benzene rings is 1. The molecule has 1 atom stereocenters. The molecule has 0 heterocycles. The maximum atomic E-state index is 11.9. The van der Waals surface area contributed by atoms with E-state index in [1.807, 2.05) is 0 Å². The lowest BCUT2D eigenvalue weighted by Gasteiger charge is -2.08. The molecule has 0 bridgehead atoms. The number of sulfone groups is 1. The van der Waals surface area contributed by atoms with Gasteiger partial charge in [-0.15, -0.1) is 0 Å². The Morgan fingerprint density at radius 1 is 1.53 bits per heavy atom. The molecule has 1 aromatic carbocycles. The molecular formula is C10H10BrNO2S. The normalized spacial score (nSPS) is 13.1. The van der Waals surface area contributed by atoms with Crippen LogP contribution in [0.5, 0.6) is 0 Å². The van der Waals surface area contributed by atoms with Crippen LogP contribution in [0.2, 0.25) is 0 Å². The Balaban J connectivity index is 3.24. The van der Waals surface area contributed by atoms with Gasteiger partial charge in [-0.2, -0.15) is 5.26 Å². The molecule has 0 amide bonds. The highest BCUT2D eigenvalue weighted by Crippen LogP contribution is 2.21. The Bertz CT molecular complexity index is 490. The van der Waals surface area contributed by atoms with Crippen LogP contribution in [0.1, 0.15) is 13.3 Å². The first-order valence-electron chi connectivity index (χ1n) is 4.41. The Kier molecular flexibility index (Phi) is 3.89. The third-order valence-electron chi connectivity index (χ3n) is 2.01. The second-order valence-corrected chi connectivity index (χ2v) is 6.07. The summed E-state index contributed by atoms with van der Waals surface area (Å²) in [6.07, 6.45) is 0.297. The van der Waals surface area contributed by atoms with E-state index in [0.29, 0.717) is 10.9 Å². The van der Waals surface area contributed by atoms with Gasteiger partial charge >= 0.3 is 0 Å². The maximum Gasteiger partial charge on any atom is 0.194 e. The molecule has 1 aromatic rings. The minimum Gasteiger partial charge on any atom is -0.222 e. The highest BCUT2D eigenvalue weighted by atomic mass is 79.9. The number of nitrogens with zero attached hydrogens (tertiary/aromatic N) is 1. The van der Waals surface area contributed by atoms with E-state index in [2.05, 4.69) is 15.9 Å². The Morgan fingerprint density at radius 3 is 2.67 bits per heavy atom. The van der Waals surface area contributed by atoms with Crippen LogP contribution in [-0.2, 0) is 9.84 Å². The van der Waals surface area contributed by atoms with Crippen LogP contribution in [0.4, 0.5) is 0 Å². The van der Waals surface area contributed by atoms with Crippen molar-refractivity contribution in [2.45, 2.75) is 23.5 Å².